The summed E-state index contributed by atoms with van der Waals surface area (Å²) in [6.07, 6.45) is 0. The van der Waals surface area contributed by atoms with E-state index < -0.39 is 23.7 Å². The molecule has 0 saturated heterocycles. The van der Waals surface area contributed by atoms with Crippen molar-refractivity contribution in [2.75, 3.05) is 13.1 Å². The molecule has 0 aliphatic heterocycles. The van der Waals surface area contributed by atoms with Gasteiger partial charge < -0.3 is 20.9 Å². The van der Waals surface area contributed by atoms with E-state index in [4.69, 9.17) is 10.3 Å². The molecule has 23 heavy (non-hydrogen) atoms. The number of hydrogen-bond donors (Lipinski definition) is 3. The lowest BCUT2D eigenvalue weighted by Crippen LogP contribution is -2.40. The predicted molar refractivity (Wildman–Crippen MR) is 78.3 cm³/mol. The second-order valence-corrected chi connectivity index (χ2v) is 4.74. The summed E-state index contributed by atoms with van der Waals surface area (Å²) < 4.78 is 18.2. The van der Waals surface area contributed by atoms with Crippen LogP contribution in [0.25, 0.3) is 11.4 Å². The van der Waals surface area contributed by atoms with Gasteiger partial charge in [-0.2, -0.15) is 4.98 Å². The Labute approximate surface area is 131 Å². The van der Waals surface area contributed by atoms with Crippen molar-refractivity contribution in [3.63, 3.8) is 0 Å². The van der Waals surface area contributed by atoms with Gasteiger partial charge in [-0.3, -0.25) is 9.59 Å². The number of nitrogens with two attached hydrogens (primary N) is 1. The smallest absolute Gasteiger partial charge is 0.249 e. The largest absolute Gasteiger partial charge is 0.346 e. The molecule has 4 N–H and O–H groups in total. The zero-order chi connectivity index (χ0) is 16.8. The molecular weight excluding hydrogens is 305 g/mol. The molecule has 2 aromatic rings. The lowest BCUT2D eigenvalue weighted by atomic mass is 10.2. The van der Waals surface area contributed by atoms with E-state index in [1.807, 2.05) is 0 Å². The molecule has 0 saturated carbocycles. The third-order valence-corrected chi connectivity index (χ3v) is 2.90. The van der Waals surface area contributed by atoms with E-state index in [2.05, 4.69) is 20.8 Å². The summed E-state index contributed by atoms with van der Waals surface area (Å²) in [5.74, 6) is -0.880. The standard InChI is InChI=1S/C14H16FN5O3/c1-8(18-12(22)7-17-11(21)6-16)14-19-13(20-23-14)9-3-2-4-10(15)5-9/h2-5,8H,6-7,16H2,1H3,(H,17,21)(H,18,22). The maximum Gasteiger partial charge on any atom is 0.249 e. The second-order valence-electron chi connectivity index (χ2n) is 4.74. The number of hydrogen-bond acceptors (Lipinski definition) is 6. The number of nitrogens with zero attached hydrogens (tertiary/aromatic N) is 2. The van der Waals surface area contributed by atoms with Crippen LogP contribution in [0.3, 0.4) is 0 Å². The fourth-order valence-electron chi connectivity index (χ4n) is 1.76. The van der Waals surface area contributed by atoms with Gasteiger partial charge in [-0.05, 0) is 19.1 Å². The third kappa shape index (κ3) is 4.58. The van der Waals surface area contributed by atoms with Crippen molar-refractivity contribution in [1.29, 1.82) is 0 Å². The molecule has 0 bridgehead atoms. The van der Waals surface area contributed by atoms with Crippen molar-refractivity contribution in [2.45, 2.75) is 13.0 Å². The van der Waals surface area contributed by atoms with Gasteiger partial charge in [0.1, 0.15) is 11.9 Å². The zero-order valence-electron chi connectivity index (χ0n) is 12.4. The van der Waals surface area contributed by atoms with Crippen LogP contribution in [0.2, 0.25) is 0 Å². The van der Waals surface area contributed by atoms with Crippen LogP contribution in [0.5, 0.6) is 0 Å². The molecule has 0 aliphatic carbocycles. The highest BCUT2D eigenvalue weighted by Crippen LogP contribution is 2.19. The van der Waals surface area contributed by atoms with Gasteiger partial charge in [0, 0.05) is 5.56 Å². The van der Waals surface area contributed by atoms with E-state index in [1.54, 1.807) is 13.0 Å². The number of nitrogens with one attached hydrogen (secondary N) is 2. The average molecular weight is 321 g/mol. The molecule has 0 spiro atoms. The number of halogens is 1. The number of carbonyl (C=O) groups excluding carboxylic acids is 2. The van der Waals surface area contributed by atoms with Crippen molar-refractivity contribution < 1.29 is 18.5 Å². The Balaban J connectivity index is 1.97. The first-order valence-corrected chi connectivity index (χ1v) is 6.85. The summed E-state index contributed by atoms with van der Waals surface area (Å²) in [7, 11) is 0. The summed E-state index contributed by atoms with van der Waals surface area (Å²) >= 11 is 0. The number of aromatic nitrogens is 2. The SMILES string of the molecule is CC(NC(=O)CNC(=O)CN)c1nc(-c2cccc(F)c2)no1. The fraction of sp³-hybridized carbons (Fsp3) is 0.286. The Hall–Kier alpha value is -2.81. The first-order chi connectivity index (χ1) is 11.0. The van der Waals surface area contributed by atoms with Gasteiger partial charge in [0.2, 0.25) is 23.5 Å². The normalized spacial score (nSPS) is 11.8. The molecule has 1 heterocycles. The van der Waals surface area contributed by atoms with Gasteiger partial charge in [0.25, 0.3) is 0 Å². The van der Waals surface area contributed by atoms with Crippen LogP contribution >= 0.6 is 0 Å². The number of rotatable bonds is 6. The minimum Gasteiger partial charge on any atom is -0.346 e. The van der Waals surface area contributed by atoms with Gasteiger partial charge in [0.05, 0.1) is 13.1 Å². The molecule has 1 atom stereocenters. The van der Waals surface area contributed by atoms with Crippen LogP contribution < -0.4 is 16.4 Å². The van der Waals surface area contributed by atoms with Crippen LogP contribution in [0.4, 0.5) is 4.39 Å². The van der Waals surface area contributed by atoms with E-state index in [0.29, 0.717) is 5.56 Å². The lowest BCUT2D eigenvalue weighted by Gasteiger charge is -2.09. The van der Waals surface area contributed by atoms with Gasteiger partial charge in [-0.15, -0.1) is 0 Å². The Kier molecular flexibility index (Phi) is 5.36. The van der Waals surface area contributed by atoms with Crippen LogP contribution in [-0.4, -0.2) is 35.0 Å². The number of benzene rings is 1. The Morgan fingerprint density at radius 1 is 1.39 bits per heavy atom. The summed E-state index contributed by atoms with van der Waals surface area (Å²) in [5.41, 5.74) is 5.58. The summed E-state index contributed by atoms with van der Waals surface area (Å²) in [6.45, 7) is 1.25. The van der Waals surface area contributed by atoms with Crippen LogP contribution in [0, 0.1) is 5.82 Å². The zero-order valence-corrected chi connectivity index (χ0v) is 12.4. The summed E-state index contributed by atoms with van der Waals surface area (Å²) in [6, 6.07) is 5.20. The molecule has 8 nitrogen and oxygen atoms in total. The lowest BCUT2D eigenvalue weighted by molar-refractivity contribution is -0.125. The quantitative estimate of drug-likeness (QED) is 0.695. The molecule has 122 valence electrons. The summed E-state index contributed by atoms with van der Waals surface area (Å²) in [5, 5.41) is 8.68. The molecule has 2 rings (SSSR count). The van der Waals surface area contributed by atoms with Gasteiger partial charge in [0.15, 0.2) is 0 Å². The van der Waals surface area contributed by atoms with Gasteiger partial charge in [-0.1, -0.05) is 17.3 Å². The predicted octanol–water partition coefficient (Wildman–Crippen LogP) is 0.128. The first kappa shape index (κ1) is 16.6. The number of carbonyl (C=O) groups is 2. The minimum atomic E-state index is -0.563. The van der Waals surface area contributed by atoms with Crippen molar-refractivity contribution in [3.8, 4) is 11.4 Å². The molecular formula is C14H16FN5O3. The molecule has 1 aromatic carbocycles. The highest BCUT2D eigenvalue weighted by Gasteiger charge is 2.17. The van der Waals surface area contributed by atoms with E-state index in [1.165, 1.54) is 18.2 Å². The Morgan fingerprint density at radius 2 is 2.17 bits per heavy atom. The maximum atomic E-state index is 13.2. The summed E-state index contributed by atoms with van der Waals surface area (Å²) in [4.78, 5) is 26.8. The van der Waals surface area contributed by atoms with Gasteiger partial charge >= 0.3 is 0 Å². The minimum absolute atomic E-state index is 0.169. The van der Waals surface area contributed by atoms with Crippen molar-refractivity contribution >= 4 is 11.8 Å². The average Bonchev–Trinajstić information content (AvgIpc) is 3.02. The molecule has 1 unspecified atom stereocenters. The molecule has 0 fully saturated rings. The molecule has 0 radical (unpaired) electrons. The van der Waals surface area contributed by atoms with Crippen molar-refractivity contribution in [1.82, 2.24) is 20.8 Å². The van der Waals surface area contributed by atoms with E-state index in [-0.39, 0.29) is 24.8 Å². The molecule has 2 amide bonds. The van der Waals surface area contributed by atoms with Crippen LogP contribution in [0.1, 0.15) is 18.9 Å². The number of amides is 2. The third-order valence-electron chi connectivity index (χ3n) is 2.90. The highest BCUT2D eigenvalue weighted by atomic mass is 19.1. The highest BCUT2D eigenvalue weighted by molar-refractivity contribution is 5.85. The molecule has 1 aromatic heterocycles. The Morgan fingerprint density at radius 3 is 2.87 bits per heavy atom. The fourth-order valence-corrected chi connectivity index (χ4v) is 1.76. The van der Waals surface area contributed by atoms with Crippen molar-refractivity contribution in [2.24, 2.45) is 5.73 Å². The topological polar surface area (TPSA) is 123 Å². The van der Waals surface area contributed by atoms with E-state index in [0.717, 1.165) is 0 Å². The van der Waals surface area contributed by atoms with E-state index in [9.17, 15) is 14.0 Å². The first-order valence-electron chi connectivity index (χ1n) is 6.85. The van der Waals surface area contributed by atoms with Crippen LogP contribution in [0.15, 0.2) is 28.8 Å². The molecule has 0 aliphatic rings. The molecule has 9 heteroatoms. The second kappa shape index (κ2) is 7.45. The van der Waals surface area contributed by atoms with Crippen molar-refractivity contribution in [3.05, 3.63) is 36.0 Å². The maximum absolute atomic E-state index is 13.2. The van der Waals surface area contributed by atoms with Crippen LogP contribution in [-0.2, 0) is 9.59 Å². The van der Waals surface area contributed by atoms with Gasteiger partial charge in [-0.25, -0.2) is 4.39 Å². The Bertz CT molecular complexity index is 703. The van der Waals surface area contributed by atoms with E-state index >= 15 is 0 Å². The monoisotopic (exact) mass is 321 g/mol.